The lowest BCUT2D eigenvalue weighted by Gasteiger charge is -2.62. The number of hydrogen-bond acceptors (Lipinski definition) is 5. The molecular weight excluding hydrogens is 356 g/mol. The summed E-state index contributed by atoms with van der Waals surface area (Å²) in [5.74, 6) is 0.519. The molecule has 5 heteroatoms. The fraction of sp³-hybridized carbons (Fsp3) is 0.826. The van der Waals surface area contributed by atoms with Crippen molar-refractivity contribution in [1.29, 1.82) is 0 Å². The standard InChI is InChI=1S/C23H32O5/c1-21-7-5-18-19(3-2-15-11-16(25)4-8-22(15,18)13-24)23(21,27)9-6-17(21)14-10-20(26)28-12-14/h10,13,15-19,25,27H,2-9,11-12H2,1H3/t15-,16+,17-,18+,19-,21+,22+,23-/m0/s1. The third-order valence-electron chi connectivity index (χ3n) is 9.74. The van der Waals surface area contributed by atoms with E-state index in [9.17, 15) is 19.8 Å². The molecule has 0 bridgehead atoms. The molecule has 1 aliphatic heterocycles. The molecule has 0 aromatic heterocycles. The number of carbonyl (C=O) groups excluding carboxylic acids is 2. The first-order chi connectivity index (χ1) is 13.3. The summed E-state index contributed by atoms with van der Waals surface area (Å²) < 4.78 is 5.17. The van der Waals surface area contributed by atoms with E-state index in [-0.39, 0.29) is 46.6 Å². The second kappa shape index (κ2) is 6.15. The molecule has 0 amide bonds. The minimum absolute atomic E-state index is 0.131. The Morgan fingerprint density at radius 2 is 1.93 bits per heavy atom. The van der Waals surface area contributed by atoms with Crippen LogP contribution < -0.4 is 0 Å². The summed E-state index contributed by atoms with van der Waals surface area (Å²) in [5, 5.41) is 22.3. The number of esters is 1. The minimum atomic E-state index is -0.788. The van der Waals surface area contributed by atoms with Crippen molar-refractivity contribution in [3.63, 3.8) is 0 Å². The Morgan fingerprint density at radius 3 is 2.64 bits per heavy atom. The molecule has 4 saturated carbocycles. The van der Waals surface area contributed by atoms with E-state index in [4.69, 9.17) is 4.74 Å². The number of fused-ring (bicyclic) bond motifs is 5. The number of ether oxygens (including phenoxy) is 1. The van der Waals surface area contributed by atoms with Gasteiger partial charge in [0.2, 0.25) is 0 Å². The third kappa shape index (κ3) is 2.26. The van der Waals surface area contributed by atoms with Crippen LogP contribution in [0, 0.1) is 34.5 Å². The Bertz CT molecular complexity index is 731. The van der Waals surface area contributed by atoms with Gasteiger partial charge in [0.25, 0.3) is 0 Å². The number of hydrogen-bond donors (Lipinski definition) is 2. The Hall–Kier alpha value is -1.20. The molecule has 0 radical (unpaired) electrons. The lowest BCUT2D eigenvalue weighted by molar-refractivity contribution is -0.207. The molecule has 0 spiro atoms. The SMILES string of the molecule is C[C@]12CC[C@@H]3[C@H](CC[C@H]4C[C@H](O)CC[C@@]43C=O)[C@@]1(O)CC[C@H]2C1=CC(=O)OC1. The molecule has 4 fully saturated rings. The normalized spacial score (nSPS) is 52.9. The number of rotatable bonds is 2. The van der Waals surface area contributed by atoms with Crippen molar-refractivity contribution in [3.8, 4) is 0 Å². The summed E-state index contributed by atoms with van der Waals surface area (Å²) in [6, 6.07) is 0. The molecule has 5 rings (SSSR count). The largest absolute Gasteiger partial charge is 0.458 e. The second-order valence-electron chi connectivity index (χ2n) is 10.4. The quantitative estimate of drug-likeness (QED) is 0.561. The summed E-state index contributed by atoms with van der Waals surface area (Å²) in [6.07, 6.45) is 10.1. The van der Waals surface area contributed by atoms with Crippen LogP contribution in [-0.4, -0.2) is 40.8 Å². The van der Waals surface area contributed by atoms with Gasteiger partial charge in [-0.2, -0.15) is 0 Å². The fourth-order valence-corrected chi connectivity index (χ4v) is 8.31. The summed E-state index contributed by atoms with van der Waals surface area (Å²) in [6.45, 7) is 2.57. The summed E-state index contributed by atoms with van der Waals surface area (Å²) in [5.41, 5.74) is -0.381. The van der Waals surface area contributed by atoms with Crippen molar-refractivity contribution in [2.45, 2.75) is 76.4 Å². The van der Waals surface area contributed by atoms with E-state index < -0.39 is 5.60 Å². The Morgan fingerprint density at radius 1 is 1.11 bits per heavy atom. The molecule has 0 aromatic carbocycles. The summed E-state index contributed by atoms with van der Waals surface area (Å²) in [4.78, 5) is 24.1. The number of carbonyl (C=O) groups is 2. The minimum Gasteiger partial charge on any atom is -0.458 e. The monoisotopic (exact) mass is 388 g/mol. The van der Waals surface area contributed by atoms with Crippen LogP contribution >= 0.6 is 0 Å². The predicted octanol–water partition coefficient (Wildman–Crippen LogP) is 2.78. The van der Waals surface area contributed by atoms with Gasteiger partial charge in [-0.25, -0.2) is 4.79 Å². The van der Waals surface area contributed by atoms with E-state index in [0.717, 1.165) is 56.9 Å². The topological polar surface area (TPSA) is 83.8 Å². The van der Waals surface area contributed by atoms with Crippen LogP contribution in [0.3, 0.4) is 0 Å². The molecule has 8 atom stereocenters. The molecule has 4 aliphatic carbocycles. The van der Waals surface area contributed by atoms with Gasteiger partial charge < -0.3 is 19.7 Å². The van der Waals surface area contributed by atoms with E-state index >= 15 is 0 Å². The maximum Gasteiger partial charge on any atom is 0.331 e. The smallest absolute Gasteiger partial charge is 0.331 e. The van der Waals surface area contributed by atoms with Gasteiger partial charge in [-0.1, -0.05) is 6.92 Å². The maximum absolute atomic E-state index is 12.4. The van der Waals surface area contributed by atoms with E-state index in [0.29, 0.717) is 13.0 Å². The third-order valence-corrected chi connectivity index (χ3v) is 9.74. The zero-order valence-electron chi connectivity index (χ0n) is 16.7. The molecule has 28 heavy (non-hydrogen) atoms. The van der Waals surface area contributed by atoms with Crippen molar-refractivity contribution >= 4 is 12.3 Å². The molecular formula is C23H32O5. The van der Waals surface area contributed by atoms with Gasteiger partial charge >= 0.3 is 5.97 Å². The van der Waals surface area contributed by atoms with Crippen LogP contribution in [0.25, 0.3) is 0 Å². The summed E-state index contributed by atoms with van der Waals surface area (Å²) >= 11 is 0. The molecule has 5 nitrogen and oxygen atoms in total. The average Bonchev–Trinajstić information content (AvgIpc) is 3.22. The van der Waals surface area contributed by atoms with Crippen molar-refractivity contribution in [3.05, 3.63) is 11.6 Å². The number of aliphatic hydroxyl groups excluding tert-OH is 1. The highest BCUT2D eigenvalue weighted by atomic mass is 16.5. The van der Waals surface area contributed by atoms with Gasteiger partial charge in [0, 0.05) is 16.9 Å². The molecule has 0 aromatic rings. The maximum atomic E-state index is 12.4. The molecule has 0 saturated heterocycles. The van der Waals surface area contributed by atoms with Gasteiger partial charge in [0.1, 0.15) is 12.9 Å². The number of cyclic esters (lactones) is 1. The van der Waals surface area contributed by atoms with Gasteiger partial charge in [0.15, 0.2) is 0 Å². The van der Waals surface area contributed by atoms with Crippen LogP contribution in [0.2, 0.25) is 0 Å². The first kappa shape index (κ1) is 18.8. The predicted molar refractivity (Wildman–Crippen MR) is 102 cm³/mol. The van der Waals surface area contributed by atoms with E-state index in [2.05, 4.69) is 6.92 Å². The molecule has 0 unspecified atom stereocenters. The van der Waals surface area contributed by atoms with Crippen molar-refractivity contribution in [1.82, 2.24) is 0 Å². The van der Waals surface area contributed by atoms with E-state index in [1.54, 1.807) is 6.08 Å². The highest BCUT2D eigenvalue weighted by Crippen LogP contribution is 2.69. The number of aldehydes is 1. The van der Waals surface area contributed by atoms with Crippen LogP contribution in [-0.2, 0) is 14.3 Å². The van der Waals surface area contributed by atoms with Crippen molar-refractivity contribution in [2.24, 2.45) is 34.5 Å². The van der Waals surface area contributed by atoms with Crippen LogP contribution in [0.1, 0.15) is 64.7 Å². The van der Waals surface area contributed by atoms with E-state index in [1.807, 2.05) is 0 Å². The average molecular weight is 389 g/mol. The molecule has 154 valence electrons. The summed E-state index contributed by atoms with van der Waals surface area (Å²) in [7, 11) is 0. The number of aliphatic hydroxyl groups is 2. The zero-order valence-corrected chi connectivity index (χ0v) is 16.7. The Labute approximate surface area is 166 Å². The van der Waals surface area contributed by atoms with E-state index in [1.165, 1.54) is 6.29 Å². The highest BCUT2D eigenvalue weighted by Gasteiger charge is 2.68. The van der Waals surface area contributed by atoms with Gasteiger partial charge in [-0.15, -0.1) is 0 Å². The lowest BCUT2D eigenvalue weighted by atomic mass is 9.43. The molecule has 5 aliphatic rings. The van der Waals surface area contributed by atoms with Crippen LogP contribution in [0.15, 0.2) is 11.6 Å². The second-order valence-corrected chi connectivity index (χ2v) is 10.4. The first-order valence-corrected chi connectivity index (χ1v) is 11.1. The lowest BCUT2D eigenvalue weighted by Crippen LogP contribution is -2.63. The highest BCUT2D eigenvalue weighted by molar-refractivity contribution is 5.85. The van der Waals surface area contributed by atoms with Gasteiger partial charge in [0.05, 0.1) is 11.7 Å². The molecule has 2 N–H and O–H groups in total. The van der Waals surface area contributed by atoms with Crippen molar-refractivity contribution < 1.29 is 24.5 Å². The van der Waals surface area contributed by atoms with Crippen LogP contribution in [0.4, 0.5) is 0 Å². The van der Waals surface area contributed by atoms with Gasteiger partial charge in [-0.3, -0.25) is 0 Å². The Balaban J connectivity index is 1.49. The Kier molecular flexibility index (Phi) is 4.13. The zero-order chi connectivity index (χ0) is 19.7. The van der Waals surface area contributed by atoms with Crippen molar-refractivity contribution in [2.75, 3.05) is 6.61 Å². The molecule has 1 heterocycles. The fourth-order valence-electron chi connectivity index (χ4n) is 8.31. The van der Waals surface area contributed by atoms with Gasteiger partial charge in [-0.05, 0) is 87.0 Å². The van der Waals surface area contributed by atoms with Crippen LogP contribution in [0.5, 0.6) is 0 Å². The first-order valence-electron chi connectivity index (χ1n) is 11.1.